The molecule has 51 valence electrons. The molecule has 0 unspecified atom stereocenters. The van der Waals surface area contributed by atoms with Crippen LogP contribution >= 0.6 is 24.0 Å². The van der Waals surface area contributed by atoms with Crippen LogP contribution in [0.15, 0.2) is 0 Å². The Hall–Kier alpha value is 3.94. The number of rotatable bonds is 0. The maximum Gasteiger partial charge on any atom is 0 e. The van der Waals surface area contributed by atoms with Gasteiger partial charge in [-0.1, -0.05) is 0 Å². The molecule has 0 bridgehead atoms. The minimum atomic E-state index is 0. The number of hydrogen-bond donors (Lipinski definition) is 0. The van der Waals surface area contributed by atoms with E-state index in [0.29, 0.717) is 0 Å². The van der Waals surface area contributed by atoms with Crippen LogP contribution in [0, 0.1) is 0 Å². The Labute approximate surface area is 126 Å². The normalized spacial score (nSPS) is 0. The van der Waals surface area contributed by atoms with Crippen molar-refractivity contribution < 1.29 is 87.5 Å². The first kappa shape index (κ1) is 69.7. The van der Waals surface area contributed by atoms with Gasteiger partial charge in [0.25, 0.3) is 0 Å². The van der Waals surface area contributed by atoms with Crippen molar-refractivity contribution in [2.45, 2.75) is 0 Å². The van der Waals surface area contributed by atoms with Crippen LogP contribution in [0.1, 0.15) is 0 Å². The second kappa shape index (κ2) is 51.2. The molecule has 0 aromatic rings. The zero-order valence-corrected chi connectivity index (χ0v) is 14.2. The molecule has 0 aromatic heterocycles. The van der Waals surface area contributed by atoms with Gasteiger partial charge >= 0.3 is 0 Å². The summed E-state index contributed by atoms with van der Waals surface area (Å²) in [5.41, 5.74) is 0. The van der Waals surface area contributed by atoms with Crippen LogP contribution in [0.5, 0.6) is 0 Å². The van der Waals surface area contributed by atoms with E-state index < -0.39 is 0 Å². The van der Waals surface area contributed by atoms with Crippen LogP contribution in [0.3, 0.4) is 0 Å². The van der Waals surface area contributed by atoms with Crippen LogP contribution in [0.4, 0.5) is 0 Å². The molecule has 7 heavy (non-hydrogen) atoms. The van der Waals surface area contributed by atoms with Crippen molar-refractivity contribution in [1.29, 1.82) is 0 Å². The van der Waals surface area contributed by atoms with Gasteiger partial charge in [-0.3, -0.25) is 0 Å². The Morgan fingerprint density at radius 3 is 1.00 bits per heavy atom. The Bertz CT molecular complexity index is 19.7. The van der Waals surface area contributed by atoms with Gasteiger partial charge in [-0.15, -0.1) is 24.0 Å². The minimum Gasteiger partial charge on any atom is -0.107 e. The molecule has 0 aliphatic heterocycles. The molecule has 0 aliphatic carbocycles. The van der Waals surface area contributed by atoms with Crippen molar-refractivity contribution in [1.82, 2.24) is 0 Å². The van der Waals surface area contributed by atoms with Crippen molar-refractivity contribution in [3.05, 3.63) is 0 Å². The Kier molecular flexibility index (Phi) is 510. The van der Waals surface area contributed by atoms with Gasteiger partial charge in [-0.25, -0.2) is 0 Å². The summed E-state index contributed by atoms with van der Waals surface area (Å²) in [7, 11) is 0. The topological polar surface area (TPSA) is 0 Å². The van der Waals surface area contributed by atoms with Crippen LogP contribution in [0.2, 0.25) is 0 Å². The second-order valence-electron chi connectivity index (χ2n) is 0. The first-order valence-corrected chi connectivity index (χ1v) is 0. The van der Waals surface area contributed by atoms with Crippen molar-refractivity contribution in [2.24, 2.45) is 0 Å². The first-order chi connectivity index (χ1) is 0. The molecule has 0 aromatic carbocycles. The van der Waals surface area contributed by atoms with Gasteiger partial charge in [0.15, 0.2) is 0 Å². The number of hydrogen-bond acceptors (Lipinski definition) is 0. The van der Waals surface area contributed by atoms with E-state index in [9.17, 15) is 0 Å². The Morgan fingerprint density at radius 2 is 1.00 bits per heavy atom. The molecular weight excluding hydrogens is 505 g/mol. The fourth-order valence-electron chi connectivity index (χ4n) is 0. The van der Waals surface area contributed by atoms with Crippen LogP contribution in [-0.4, -0.2) is 17.1 Å². The zero-order valence-electron chi connectivity index (χ0n) is 2.89. The van der Waals surface area contributed by atoms with Gasteiger partial charge in [0.2, 0.25) is 0 Å². The fraction of sp³-hybridized carbons (Fsp3) is 0. The first-order valence-electron chi connectivity index (χ1n) is 0. The summed E-state index contributed by atoms with van der Waals surface area (Å²) in [6.45, 7) is 0. The van der Waals surface area contributed by atoms with E-state index in [1.165, 1.54) is 0 Å². The molecule has 0 saturated carbocycles. The maximum atomic E-state index is 0. The van der Waals surface area contributed by atoms with E-state index in [1.807, 2.05) is 0 Å². The maximum absolute atomic E-state index is 0. The van der Waals surface area contributed by atoms with Gasteiger partial charge in [-0.2, -0.15) is 0 Å². The molecule has 5 radical (unpaired) electrons. The molecule has 0 amide bonds. The monoisotopic (exact) mass is 504 g/mol. The Balaban J connectivity index is 0. The summed E-state index contributed by atoms with van der Waals surface area (Å²) in [6, 6.07) is 0. The second-order valence-corrected chi connectivity index (χ2v) is 0. The molecule has 0 fully saturated rings. The third kappa shape index (κ3) is 40.4. The van der Waals surface area contributed by atoms with E-state index in [2.05, 4.69) is 0 Å². The van der Waals surface area contributed by atoms with E-state index in [-0.39, 0.29) is 129 Å². The summed E-state index contributed by atoms with van der Waals surface area (Å²) in [6.07, 6.45) is 0. The summed E-state index contributed by atoms with van der Waals surface area (Å²) in [5, 5.41) is 0. The third-order valence-electron chi connectivity index (χ3n) is 0. The quantitative estimate of drug-likeness (QED) is 0.327. The summed E-state index contributed by atoms with van der Waals surface area (Å²) in [4.78, 5) is 0. The Morgan fingerprint density at radius 1 is 1.00 bits per heavy atom. The van der Waals surface area contributed by atoms with Gasteiger partial charge in [0, 0.05) is 105 Å². The van der Waals surface area contributed by atoms with Crippen molar-refractivity contribution in [3.8, 4) is 0 Å². The average Bonchev–Trinajstić information content (AvgIpc) is 0. The smallest absolute Gasteiger partial charge is 0 e. The molecule has 0 N–H and O–H groups in total. The summed E-state index contributed by atoms with van der Waals surface area (Å²) in [5.74, 6) is 0. The minimum absolute atomic E-state index is 0. The number of halogens is 1. The van der Waals surface area contributed by atoms with Gasteiger partial charge in [0.05, 0.1) is 0 Å². The molecule has 0 rings (SSSR count). The predicted octanol–water partition coefficient (Wildman–Crippen LogP) is 0.225. The average molecular weight is 506 g/mol. The standard InChI is InChI=1S/Co.Cu.Fe.HI.Mn.Se.Zn/h;;;1H;;;. The van der Waals surface area contributed by atoms with Crippen molar-refractivity contribution in [2.75, 3.05) is 0 Å². The van der Waals surface area contributed by atoms with Gasteiger partial charge < -0.3 is 0 Å². The zero-order chi connectivity index (χ0) is 0. The van der Waals surface area contributed by atoms with Crippen LogP contribution < -0.4 is 0 Å². The van der Waals surface area contributed by atoms with E-state index >= 15 is 0 Å². The SMILES string of the molecule is I.[Co].[Cu].[Fe].[Mn].[Se].[Zn]. The third-order valence-corrected chi connectivity index (χ3v) is 0. The summed E-state index contributed by atoms with van der Waals surface area (Å²) >= 11 is 0. The van der Waals surface area contributed by atoms with Crippen LogP contribution in [-0.2, 0) is 87.5 Å². The van der Waals surface area contributed by atoms with E-state index in [0.717, 1.165) is 0 Å². The molecule has 7 heteroatoms. The molecule has 0 heterocycles. The molecule has 0 nitrogen and oxygen atoms in total. The van der Waals surface area contributed by atoms with Crippen LogP contribution in [0.25, 0.3) is 0 Å². The van der Waals surface area contributed by atoms with E-state index in [4.69, 9.17) is 0 Å². The molecule has 0 saturated heterocycles. The van der Waals surface area contributed by atoms with Gasteiger partial charge in [-0.05, 0) is 0 Å². The largest absolute Gasteiger partial charge is 0.107 e. The molecule has 0 spiro atoms. The van der Waals surface area contributed by atoms with Crippen molar-refractivity contribution >= 4 is 41.0 Å². The fourth-order valence-corrected chi connectivity index (χ4v) is 0. The molecule has 0 aliphatic rings. The predicted molar refractivity (Wildman–Crippen MR) is 21.2 cm³/mol. The van der Waals surface area contributed by atoms with Gasteiger partial charge in [0.1, 0.15) is 0 Å². The van der Waals surface area contributed by atoms with E-state index in [1.54, 1.807) is 0 Å². The van der Waals surface area contributed by atoms with Crippen molar-refractivity contribution in [3.63, 3.8) is 0 Å². The molecular formula is HCoCuFeIMnSeZn. The summed E-state index contributed by atoms with van der Waals surface area (Å²) < 4.78 is 0. The molecule has 0 atom stereocenters.